The van der Waals surface area contributed by atoms with E-state index in [-0.39, 0.29) is 0 Å². The van der Waals surface area contributed by atoms with Crippen molar-refractivity contribution in [3.63, 3.8) is 0 Å². The molecule has 0 unspecified atom stereocenters. The lowest BCUT2D eigenvalue weighted by molar-refractivity contribution is 0.304. The van der Waals surface area contributed by atoms with Crippen LogP contribution in [0, 0.1) is 0 Å². The van der Waals surface area contributed by atoms with Crippen LogP contribution in [0.4, 0.5) is 0 Å². The number of rotatable bonds is 27. The highest BCUT2D eigenvalue weighted by Crippen LogP contribution is 2.25. The van der Waals surface area contributed by atoms with Crippen LogP contribution in [-0.2, 0) is 0 Å². The number of benzene rings is 2. The zero-order chi connectivity index (χ0) is 28.4. The highest BCUT2D eigenvalue weighted by molar-refractivity contribution is 9.09. The quantitative estimate of drug-likeness (QED) is 0.0691. The fourth-order valence-electron chi connectivity index (χ4n) is 5.09. The Morgan fingerprint density at radius 2 is 0.575 bits per heavy atom. The third-order valence-corrected chi connectivity index (χ3v) is 8.76. The van der Waals surface area contributed by atoms with E-state index in [1.165, 1.54) is 127 Å². The SMILES string of the molecule is BrCCCCCCCCCCCCOc1ccc(-c2ccc(OCCCCCCCCCCCCBr)cc2)cc1. The molecule has 0 heterocycles. The molecule has 0 fully saturated rings. The van der Waals surface area contributed by atoms with Gasteiger partial charge in [-0.1, -0.05) is 159 Å². The smallest absolute Gasteiger partial charge is 0.119 e. The molecule has 2 aromatic rings. The molecular formula is C36H56Br2O2. The number of hydrogen-bond donors (Lipinski definition) is 0. The Kier molecular flexibility index (Phi) is 22.6. The van der Waals surface area contributed by atoms with Gasteiger partial charge in [0.2, 0.25) is 0 Å². The van der Waals surface area contributed by atoms with Crippen molar-refractivity contribution in [2.24, 2.45) is 0 Å². The Morgan fingerprint density at radius 1 is 0.325 bits per heavy atom. The van der Waals surface area contributed by atoms with Crippen LogP contribution in [0.1, 0.15) is 128 Å². The van der Waals surface area contributed by atoms with Gasteiger partial charge < -0.3 is 9.47 Å². The summed E-state index contributed by atoms with van der Waals surface area (Å²) in [4.78, 5) is 0. The van der Waals surface area contributed by atoms with Crippen LogP contribution in [0.5, 0.6) is 11.5 Å². The molecule has 0 N–H and O–H groups in total. The Labute approximate surface area is 263 Å². The van der Waals surface area contributed by atoms with E-state index in [9.17, 15) is 0 Å². The molecule has 0 radical (unpaired) electrons. The normalized spacial score (nSPS) is 11.2. The average molecular weight is 681 g/mol. The molecule has 2 nitrogen and oxygen atoms in total. The second kappa shape index (κ2) is 25.7. The lowest BCUT2D eigenvalue weighted by Gasteiger charge is -2.09. The van der Waals surface area contributed by atoms with Gasteiger partial charge in [0.25, 0.3) is 0 Å². The predicted molar refractivity (Wildman–Crippen MR) is 183 cm³/mol. The fourth-order valence-corrected chi connectivity index (χ4v) is 5.88. The molecule has 226 valence electrons. The van der Waals surface area contributed by atoms with Gasteiger partial charge in [0, 0.05) is 10.7 Å². The first-order chi connectivity index (χ1) is 19.8. The fraction of sp³-hybridized carbons (Fsp3) is 0.667. The number of unbranched alkanes of at least 4 members (excludes halogenated alkanes) is 18. The lowest BCUT2D eigenvalue weighted by Crippen LogP contribution is -1.97. The molecule has 0 atom stereocenters. The van der Waals surface area contributed by atoms with Crippen molar-refractivity contribution in [2.45, 2.75) is 128 Å². The lowest BCUT2D eigenvalue weighted by atomic mass is 10.1. The van der Waals surface area contributed by atoms with Crippen LogP contribution >= 0.6 is 31.9 Å². The Balaban J connectivity index is 1.47. The first-order valence-electron chi connectivity index (χ1n) is 16.4. The summed E-state index contributed by atoms with van der Waals surface area (Å²) in [6, 6.07) is 17.0. The molecule has 0 aliphatic heterocycles. The van der Waals surface area contributed by atoms with Crippen LogP contribution < -0.4 is 9.47 Å². The summed E-state index contributed by atoms with van der Waals surface area (Å²) in [7, 11) is 0. The monoisotopic (exact) mass is 678 g/mol. The van der Waals surface area contributed by atoms with Crippen LogP contribution in [0.15, 0.2) is 48.5 Å². The van der Waals surface area contributed by atoms with Gasteiger partial charge in [-0.2, -0.15) is 0 Å². The van der Waals surface area contributed by atoms with E-state index in [0.29, 0.717) is 0 Å². The zero-order valence-corrected chi connectivity index (χ0v) is 28.3. The molecule has 0 spiro atoms. The highest BCUT2D eigenvalue weighted by atomic mass is 79.9. The minimum absolute atomic E-state index is 0.815. The average Bonchev–Trinajstić information content (AvgIpc) is 2.99. The standard InChI is InChI=1S/C36H56Br2O2/c37-29-17-13-9-5-1-3-7-11-15-19-31-39-35-25-21-33(22-26-35)34-23-27-36(28-24-34)40-32-20-16-12-8-4-2-6-10-14-18-30-38/h21-28H,1-20,29-32H2. The van der Waals surface area contributed by atoms with Gasteiger partial charge in [0.15, 0.2) is 0 Å². The van der Waals surface area contributed by atoms with Gasteiger partial charge in [-0.3, -0.25) is 0 Å². The van der Waals surface area contributed by atoms with E-state index in [0.717, 1.165) is 48.2 Å². The highest BCUT2D eigenvalue weighted by Gasteiger charge is 2.02. The summed E-state index contributed by atoms with van der Waals surface area (Å²) in [5, 5.41) is 2.31. The topological polar surface area (TPSA) is 18.5 Å². The van der Waals surface area contributed by atoms with Crippen LogP contribution in [0.25, 0.3) is 11.1 Å². The Hall–Kier alpha value is -1.00. The van der Waals surface area contributed by atoms with E-state index < -0.39 is 0 Å². The molecule has 0 saturated carbocycles. The maximum Gasteiger partial charge on any atom is 0.119 e. The first-order valence-corrected chi connectivity index (χ1v) is 18.7. The molecule has 40 heavy (non-hydrogen) atoms. The van der Waals surface area contributed by atoms with Crippen molar-refractivity contribution in [1.82, 2.24) is 0 Å². The molecule has 4 heteroatoms. The van der Waals surface area contributed by atoms with Gasteiger partial charge >= 0.3 is 0 Å². The summed E-state index contributed by atoms with van der Waals surface area (Å²) >= 11 is 7.02. The number of hydrogen-bond acceptors (Lipinski definition) is 2. The van der Waals surface area contributed by atoms with E-state index in [1.54, 1.807) is 0 Å². The molecule has 0 bridgehead atoms. The van der Waals surface area contributed by atoms with Gasteiger partial charge in [-0.05, 0) is 61.1 Å². The van der Waals surface area contributed by atoms with Crippen molar-refractivity contribution in [3.05, 3.63) is 48.5 Å². The molecule has 0 aliphatic carbocycles. The number of ether oxygens (including phenoxy) is 2. The maximum absolute atomic E-state index is 5.98. The van der Waals surface area contributed by atoms with E-state index in [4.69, 9.17) is 9.47 Å². The predicted octanol–water partition coefficient (Wildman–Crippen LogP) is 12.7. The van der Waals surface area contributed by atoms with Gasteiger partial charge in [-0.15, -0.1) is 0 Å². The largest absolute Gasteiger partial charge is 0.494 e. The van der Waals surface area contributed by atoms with E-state index in [2.05, 4.69) is 80.4 Å². The summed E-state index contributed by atoms with van der Waals surface area (Å²) in [6.45, 7) is 1.63. The Morgan fingerprint density at radius 3 is 0.850 bits per heavy atom. The number of halogens is 2. The van der Waals surface area contributed by atoms with Crippen LogP contribution in [-0.4, -0.2) is 23.9 Å². The second-order valence-corrected chi connectivity index (χ2v) is 12.8. The molecule has 0 aromatic heterocycles. The molecule has 2 aromatic carbocycles. The Bertz CT molecular complexity index is 737. The van der Waals surface area contributed by atoms with Crippen molar-refractivity contribution in [1.29, 1.82) is 0 Å². The molecule has 0 amide bonds. The van der Waals surface area contributed by atoms with Crippen LogP contribution in [0.3, 0.4) is 0 Å². The molecule has 0 saturated heterocycles. The van der Waals surface area contributed by atoms with Crippen molar-refractivity contribution >= 4 is 31.9 Å². The maximum atomic E-state index is 5.98. The third kappa shape index (κ3) is 18.4. The summed E-state index contributed by atoms with van der Waals surface area (Å²) < 4.78 is 12.0. The zero-order valence-electron chi connectivity index (χ0n) is 25.2. The first kappa shape index (κ1) is 35.2. The summed E-state index contributed by atoms with van der Waals surface area (Å²) in [6.07, 6.45) is 26.8. The van der Waals surface area contributed by atoms with Crippen molar-refractivity contribution in [2.75, 3.05) is 23.9 Å². The summed E-state index contributed by atoms with van der Waals surface area (Å²) in [5.41, 5.74) is 2.43. The van der Waals surface area contributed by atoms with E-state index in [1.807, 2.05) is 0 Å². The molecular weight excluding hydrogens is 624 g/mol. The van der Waals surface area contributed by atoms with Gasteiger partial charge in [0.05, 0.1) is 13.2 Å². The van der Waals surface area contributed by atoms with E-state index >= 15 is 0 Å². The van der Waals surface area contributed by atoms with Crippen molar-refractivity contribution < 1.29 is 9.47 Å². The molecule has 2 rings (SSSR count). The molecule has 0 aliphatic rings. The number of alkyl halides is 2. The third-order valence-electron chi connectivity index (χ3n) is 7.64. The van der Waals surface area contributed by atoms with Gasteiger partial charge in [0.1, 0.15) is 11.5 Å². The minimum atomic E-state index is 0.815. The van der Waals surface area contributed by atoms with Crippen molar-refractivity contribution in [3.8, 4) is 22.6 Å². The summed E-state index contributed by atoms with van der Waals surface area (Å²) in [5.74, 6) is 1.94. The second-order valence-electron chi connectivity index (χ2n) is 11.2. The van der Waals surface area contributed by atoms with Gasteiger partial charge in [-0.25, -0.2) is 0 Å². The van der Waals surface area contributed by atoms with Crippen LogP contribution in [0.2, 0.25) is 0 Å². The minimum Gasteiger partial charge on any atom is -0.494 e.